The van der Waals surface area contributed by atoms with Crippen molar-refractivity contribution in [3.63, 3.8) is 0 Å². The van der Waals surface area contributed by atoms with Gasteiger partial charge in [-0.3, -0.25) is 4.55 Å². The fourth-order valence-corrected chi connectivity index (χ4v) is 4.49. The summed E-state index contributed by atoms with van der Waals surface area (Å²) in [5.74, 6) is 0. The molecule has 0 radical (unpaired) electrons. The van der Waals surface area contributed by atoms with Gasteiger partial charge < -0.3 is 0 Å². The third-order valence-electron chi connectivity index (χ3n) is 3.44. The molecule has 0 bridgehead atoms. The molecular formula is C18H15O3PS. The molecule has 5 heteroatoms. The molecule has 0 saturated carbocycles. The zero-order chi connectivity index (χ0) is 16.3. The quantitative estimate of drug-likeness (QED) is 0.585. The monoisotopic (exact) mass is 342 g/mol. The molecule has 1 unspecified atom stereocenters. The molecule has 0 aliphatic rings. The van der Waals surface area contributed by atoms with Crippen LogP contribution in [0.2, 0.25) is 0 Å². The Morgan fingerprint density at radius 1 is 0.696 bits per heavy atom. The van der Waals surface area contributed by atoms with Crippen LogP contribution in [0.25, 0.3) is 11.1 Å². The molecule has 1 N–H and O–H groups in total. The highest BCUT2D eigenvalue weighted by Crippen LogP contribution is 2.21. The van der Waals surface area contributed by atoms with E-state index in [2.05, 4.69) is 0 Å². The smallest absolute Gasteiger partial charge is 0.282 e. The molecule has 3 nitrogen and oxygen atoms in total. The zero-order valence-corrected chi connectivity index (χ0v) is 14.0. The summed E-state index contributed by atoms with van der Waals surface area (Å²) in [6.45, 7) is 0. The highest BCUT2D eigenvalue weighted by Gasteiger charge is 2.14. The highest BCUT2D eigenvalue weighted by atomic mass is 32.2. The molecule has 0 fully saturated rings. The van der Waals surface area contributed by atoms with Gasteiger partial charge in [0.1, 0.15) is 4.90 Å². The Morgan fingerprint density at radius 2 is 1.26 bits per heavy atom. The van der Waals surface area contributed by atoms with Gasteiger partial charge in [0.05, 0.1) is 0 Å². The van der Waals surface area contributed by atoms with Gasteiger partial charge in [0.2, 0.25) is 0 Å². The first kappa shape index (κ1) is 15.9. The van der Waals surface area contributed by atoms with Gasteiger partial charge in [0.15, 0.2) is 0 Å². The normalized spacial score (nSPS) is 11.9. The second-order valence-electron chi connectivity index (χ2n) is 5.04. The van der Waals surface area contributed by atoms with Crippen LogP contribution in [0.5, 0.6) is 0 Å². The Kier molecular flexibility index (Phi) is 4.58. The van der Waals surface area contributed by atoms with Crippen LogP contribution in [0.3, 0.4) is 0 Å². The Bertz CT molecular complexity index is 905. The van der Waals surface area contributed by atoms with Crippen molar-refractivity contribution in [2.24, 2.45) is 0 Å². The highest BCUT2D eigenvalue weighted by molar-refractivity contribution is 7.86. The van der Waals surface area contributed by atoms with E-state index < -0.39 is 10.1 Å². The maximum Gasteiger partial charge on any atom is 0.295 e. The van der Waals surface area contributed by atoms with Crippen molar-refractivity contribution in [1.82, 2.24) is 0 Å². The summed E-state index contributed by atoms with van der Waals surface area (Å²) in [5.41, 5.74) is 2.25. The van der Waals surface area contributed by atoms with Gasteiger partial charge >= 0.3 is 0 Å². The van der Waals surface area contributed by atoms with Gasteiger partial charge in [-0.2, -0.15) is 8.42 Å². The predicted octanol–water partition coefficient (Wildman–Crippen LogP) is 3.23. The standard InChI is InChI=1S/C18H15O3PS/c19-23(20,21)18-9-5-4-8-17(18)22-16-12-10-15(11-13-16)14-6-2-1-3-7-14/h1-13,22H,(H,19,20,21). The van der Waals surface area contributed by atoms with Gasteiger partial charge in [0.25, 0.3) is 10.1 Å². The lowest BCUT2D eigenvalue weighted by Crippen LogP contribution is -2.13. The van der Waals surface area contributed by atoms with Crippen LogP contribution in [0, 0.1) is 0 Å². The lowest BCUT2D eigenvalue weighted by molar-refractivity contribution is 0.484. The van der Waals surface area contributed by atoms with Gasteiger partial charge in [-0.1, -0.05) is 81.4 Å². The average molecular weight is 342 g/mol. The van der Waals surface area contributed by atoms with Crippen LogP contribution in [-0.2, 0) is 10.1 Å². The van der Waals surface area contributed by atoms with Crippen LogP contribution >= 0.6 is 8.58 Å². The Balaban J connectivity index is 1.88. The van der Waals surface area contributed by atoms with Crippen molar-refractivity contribution in [3.05, 3.63) is 78.9 Å². The first-order valence-corrected chi connectivity index (χ1v) is 9.47. The number of benzene rings is 3. The molecule has 3 aromatic rings. The van der Waals surface area contributed by atoms with Crippen molar-refractivity contribution in [2.75, 3.05) is 0 Å². The van der Waals surface area contributed by atoms with E-state index in [0.717, 1.165) is 16.4 Å². The molecule has 0 amide bonds. The number of hydrogen-bond acceptors (Lipinski definition) is 2. The number of hydrogen-bond donors (Lipinski definition) is 1. The van der Waals surface area contributed by atoms with Crippen molar-refractivity contribution < 1.29 is 13.0 Å². The van der Waals surface area contributed by atoms with Crippen LogP contribution in [0.15, 0.2) is 83.8 Å². The summed E-state index contributed by atoms with van der Waals surface area (Å²) >= 11 is 0. The molecule has 0 saturated heterocycles. The van der Waals surface area contributed by atoms with E-state index in [4.69, 9.17) is 0 Å². The van der Waals surface area contributed by atoms with Gasteiger partial charge in [-0.05, 0) is 27.8 Å². The first-order chi connectivity index (χ1) is 11.0. The topological polar surface area (TPSA) is 54.4 Å². The summed E-state index contributed by atoms with van der Waals surface area (Å²) in [4.78, 5) is -0.0227. The summed E-state index contributed by atoms with van der Waals surface area (Å²) in [5, 5.41) is 1.63. The molecule has 3 aromatic carbocycles. The molecule has 0 aromatic heterocycles. The minimum absolute atomic E-state index is 0.0227. The summed E-state index contributed by atoms with van der Waals surface area (Å²) in [6.07, 6.45) is 0. The van der Waals surface area contributed by atoms with E-state index in [1.807, 2.05) is 54.6 Å². The Hall–Kier alpha value is -2.00. The number of rotatable bonds is 4. The SMILES string of the molecule is O=S(=O)(O)c1ccccc1Pc1ccc(-c2ccccc2)cc1. The van der Waals surface area contributed by atoms with Crippen LogP contribution < -0.4 is 10.6 Å². The summed E-state index contributed by atoms with van der Waals surface area (Å²) < 4.78 is 32.2. The second-order valence-corrected chi connectivity index (χ2v) is 7.80. The molecule has 0 aliphatic carbocycles. The molecule has 116 valence electrons. The maximum atomic E-state index is 11.4. The molecule has 3 rings (SSSR count). The minimum atomic E-state index is -4.20. The third-order valence-corrected chi connectivity index (χ3v) is 5.86. The van der Waals surface area contributed by atoms with Crippen LogP contribution in [0.4, 0.5) is 0 Å². The first-order valence-electron chi connectivity index (χ1n) is 7.03. The summed E-state index contributed by atoms with van der Waals surface area (Å²) in [6, 6.07) is 24.6. The second kappa shape index (κ2) is 6.63. The van der Waals surface area contributed by atoms with Crippen LogP contribution in [0.1, 0.15) is 0 Å². The van der Waals surface area contributed by atoms with Crippen molar-refractivity contribution in [1.29, 1.82) is 0 Å². The molecule has 23 heavy (non-hydrogen) atoms. The van der Waals surface area contributed by atoms with E-state index >= 15 is 0 Å². The predicted molar refractivity (Wildman–Crippen MR) is 95.7 cm³/mol. The van der Waals surface area contributed by atoms with E-state index in [1.54, 1.807) is 18.2 Å². The lowest BCUT2D eigenvalue weighted by atomic mass is 10.1. The van der Waals surface area contributed by atoms with E-state index in [9.17, 15) is 13.0 Å². The van der Waals surface area contributed by atoms with E-state index in [-0.39, 0.29) is 13.5 Å². The van der Waals surface area contributed by atoms with Gasteiger partial charge in [-0.15, -0.1) is 0 Å². The van der Waals surface area contributed by atoms with Crippen molar-refractivity contribution in [2.45, 2.75) is 4.90 Å². The minimum Gasteiger partial charge on any atom is -0.282 e. The fraction of sp³-hybridized carbons (Fsp3) is 0. The summed E-state index contributed by atoms with van der Waals surface area (Å²) in [7, 11) is -4.03. The van der Waals surface area contributed by atoms with Gasteiger partial charge in [-0.25, -0.2) is 0 Å². The molecule has 0 aliphatic heterocycles. The zero-order valence-electron chi connectivity index (χ0n) is 12.2. The largest absolute Gasteiger partial charge is 0.295 e. The molecule has 0 spiro atoms. The Morgan fingerprint density at radius 3 is 1.91 bits per heavy atom. The molecule has 0 heterocycles. The van der Waals surface area contributed by atoms with Crippen molar-refractivity contribution in [3.8, 4) is 11.1 Å². The molecular weight excluding hydrogens is 327 g/mol. The third kappa shape index (κ3) is 3.85. The fourth-order valence-electron chi connectivity index (χ4n) is 2.33. The average Bonchev–Trinajstić information content (AvgIpc) is 2.56. The van der Waals surface area contributed by atoms with E-state index in [1.165, 1.54) is 6.07 Å². The van der Waals surface area contributed by atoms with Crippen LogP contribution in [-0.4, -0.2) is 13.0 Å². The lowest BCUT2D eigenvalue weighted by Gasteiger charge is -2.08. The van der Waals surface area contributed by atoms with E-state index in [0.29, 0.717) is 5.30 Å². The van der Waals surface area contributed by atoms with Crippen molar-refractivity contribution >= 4 is 29.3 Å². The Labute approximate surface area is 137 Å². The maximum absolute atomic E-state index is 11.4. The molecule has 1 atom stereocenters. The van der Waals surface area contributed by atoms with Gasteiger partial charge in [0, 0.05) is 0 Å².